The van der Waals surface area contributed by atoms with Crippen molar-refractivity contribution >= 4 is 5.69 Å². The number of nitrogens with zero attached hydrogens (tertiary/aromatic N) is 1. The van der Waals surface area contributed by atoms with E-state index in [1.165, 1.54) is 36.1 Å². The maximum atomic E-state index is 5.92. The van der Waals surface area contributed by atoms with Crippen molar-refractivity contribution in [3.8, 4) is 0 Å². The van der Waals surface area contributed by atoms with Crippen molar-refractivity contribution in [2.75, 3.05) is 25.0 Å². The minimum atomic E-state index is 0.382. The number of aryl methyl sites for hydroxylation is 2. The second kappa shape index (κ2) is 4.69. The summed E-state index contributed by atoms with van der Waals surface area (Å²) in [7, 11) is 2.18. The first kappa shape index (κ1) is 12.4. The van der Waals surface area contributed by atoms with Crippen LogP contribution in [0.2, 0.25) is 0 Å². The lowest BCUT2D eigenvalue weighted by molar-refractivity contribution is 0.154. The van der Waals surface area contributed by atoms with Gasteiger partial charge in [-0.25, -0.2) is 0 Å². The number of hydrogen-bond donors (Lipinski definition) is 1. The Hall–Kier alpha value is -1.02. The maximum Gasteiger partial charge on any atom is 0.0366 e. The highest BCUT2D eigenvalue weighted by atomic mass is 15.1. The van der Waals surface area contributed by atoms with Gasteiger partial charge in [0.2, 0.25) is 0 Å². The fourth-order valence-corrected chi connectivity index (χ4v) is 2.66. The quantitative estimate of drug-likeness (QED) is 0.865. The van der Waals surface area contributed by atoms with E-state index < -0.39 is 0 Å². The molecule has 1 aromatic rings. The summed E-state index contributed by atoms with van der Waals surface area (Å²) in [6.07, 6.45) is 3.93. The molecule has 0 atom stereocenters. The van der Waals surface area contributed by atoms with Crippen LogP contribution >= 0.6 is 0 Å². The molecule has 94 valence electrons. The van der Waals surface area contributed by atoms with E-state index in [1.807, 2.05) is 0 Å². The molecule has 0 saturated heterocycles. The molecule has 1 aliphatic rings. The van der Waals surface area contributed by atoms with Crippen molar-refractivity contribution in [2.24, 2.45) is 11.1 Å². The van der Waals surface area contributed by atoms with Crippen molar-refractivity contribution in [2.45, 2.75) is 33.1 Å². The summed E-state index contributed by atoms with van der Waals surface area (Å²) in [4.78, 5) is 2.36. The zero-order chi connectivity index (χ0) is 12.5. The van der Waals surface area contributed by atoms with Crippen LogP contribution in [0.5, 0.6) is 0 Å². The van der Waals surface area contributed by atoms with Crippen LogP contribution in [0.15, 0.2) is 18.2 Å². The fourth-order valence-electron chi connectivity index (χ4n) is 2.66. The molecule has 0 bridgehead atoms. The molecule has 1 aliphatic carbocycles. The summed E-state index contributed by atoms with van der Waals surface area (Å²) in [5.74, 6) is 0. The van der Waals surface area contributed by atoms with Gasteiger partial charge in [-0.15, -0.1) is 0 Å². The Kier molecular flexibility index (Phi) is 3.43. The molecule has 0 aliphatic heterocycles. The topological polar surface area (TPSA) is 29.3 Å². The van der Waals surface area contributed by atoms with Gasteiger partial charge in [0.25, 0.3) is 0 Å². The summed E-state index contributed by atoms with van der Waals surface area (Å²) in [6, 6.07) is 6.69. The summed E-state index contributed by atoms with van der Waals surface area (Å²) in [5, 5.41) is 0. The van der Waals surface area contributed by atoms with Gasteiger partial charge in [0.1, 0.15) is 0 Å². The van der Waals surface area contributed by atoms with E-state index >= 15 is 0 Å². The molecule has 17 heavy (non-hydrogen) atoms. The van der Waals surface area contributed by atoms with E-state index in [0.29, 0.717) is 5.41 Å². The minimum Gasteiger partial charge on any atom is -0.374 e. The third-order valence-electron chi connectivity index (χ3n) is 4.35. The van der Waals surface area contributed by atoms with E-state index in [0.717, 1.165) is 13.1 Å². The van der Waals surface area contributed by atoms with Crippen LogP contribution in [-0.2, 0) is 0 Å². The van der Waals surface area contributed by atoms with Crippen LogP contribution in [0.1, 0.15) is 30.4 Å². The Balaban J connectivity index is 2.08. The summed E-state index contributed by atoms with van der Waals surface area (Å²) in [6.45, 7) is 6.25. The highest BCUT2D eigenvalue weighted by molar-refractivity contribution is 5.50. The van der Waals surface area contributed by atoms with Crippen molar-refractivity contribution < 1.29 is 0 Å². The van der Waals surface area contributed by atoms with Crippen molar-refractivity contribution in [3.05, 3.63) is 29.3 Å². The molecule has 0 radical (unpaired) electrons. The normalized spacial score (nSPS) is 17.6. The minimum absolute atomic E-state index is 0.382. The molecular weight excluding hydrogens is 208 g/mol. The van der Waals surface area contributed by atoms with E-state index in [9.17, 15) is 0 Å². The molecule has 0 amide bonds. The van der Waals surface area contributed by atoms with Crippen LogP contribution in [0.3, 0.4) is 0 Å². The number of rotatable bonds is 4. The average molecular weight is 232 g/mol. The third kappa shape index (κ3) is 2.47. The molecule has 0 aromatic heterocycles. The number of hydrogen-bond acceptors (Lipinski definition) is 2. The number of benzene rings is 1. The van der Waals surface area contributed by atoms with Crippen LogP contribution < -0.4 is 10.6 Å². The lowest BCUT2D eigenvalue weighted by atomic mass is 9.68. The Bertz CT molecular complexity index is 388. The predicted octanol–water partition coefficient (Wildman–Crippen LogP) is 2.87. The largest absolute Gasteiger partial charge is 0.374 e. The van der Waals surface area contributed by atoms with Gasteiger partial charge in [0.05, 0.1) is 0 Å². The highest BCUT2D eigenvalue weighted by Gasteiger charge is 2.36. The predicted molar refractivity (Wildman–Crippen MR) is 74.5 cm³/mol. The van der Waals surface area contributed by atoms with Crippen LogP contribution in [0.25, 0.3) is 0 Å². The molecule has 2 heteroatoms. The SMILES string of the molecule is Cc1ccc(N(C)CC2(CN)CCC2)cc1C. The second-order valence-corrected chi connectivity index (χ2v) is 5.68. The molecule has 2 nitrogen and oxygen atoms in total. The van der Waals surface area contributed by atoms with Gasteiger partial charge in [-0.05, 0) is 56.5 Å². The van der Waals surface area contributed by atoms with E-state index in [-0.39, 0.29) is 0 Å². The van der Waals surface area contributed by atoms with Gasteiger partial charge in [-0.3, -0.25) is 0 Å². The van der Waals surface area contributed by atoms with E-state index in [1.54, 1.807) is 0 Å². The van der Waals surface area contributed by atoms with Crippen LogP contribution in [-0.4, -0.2) is 20.1 Å². The van der Waals surface area contributed by atoms with E-state index in [4.69, 9.17) is 5.73 Å². The van der Waals surface area contributed by atoms with Crippen LogP contribution in [0.4, 0.5) is 5.69 Å². The molecule has 0 spiro atoms. The lowest BCUT2D eigenvalue weighted by Gasteiger charge is -2.44. The van der Waals surface area contributed by atoms with Gasteiger partial charge in [0, 0.05) is 24.7 Å². The number of nitrogens with two attached hydrogens (primary N) is 1. The molecular formula is C15H24N2. The monoisotopic (exact) mass is 232 g/mol. The Morgan fingerprint density at radius 3 is 2.41 bits per heavy atom. The third-order valence-corrected chi connectivity index (χ3v) is 4.35. The Labute approximate surface area is 105 Å². The highest BCUT2D eigenvalue weighted by Crippen LogP contribution is 2.41. The average Bonchev–Trinajstić information content (AvgIpc) is 2.27. The van der Waals surface area contributed by atoms with Gasteiger partial charge in [0.15, 0.2) is 0 Å². The standard InChI is InChI=1S/C15H24N2/c1-12-5-6-14(9-13(12)2)17(3)11-15(10-16)7-4-8-15/h5-6,9H,4,7-8,10-11,16H2,1-3H3. The number of anilines is 1. The van der Waals surface area contributed by atoms with E-state index in [2.05, 4.69) is 44.0 Å². The van der Waals surface area contributed by atoms with Crippen molar-refractivity contribution in [1.82, 2.24) is 0 Å². The molecule has 0 unspecified atom stereocenters. The van der Waals surface area contributed by atoms with Gasteiger partial charge >= 0.3 is 0 Å². The molecule has 1 saturated carbocycles. The zero-order valence-corrected chi connectivity index (χ0v) is 11.3. The lowest BCUT2D eigenvalue weighted by Crippen LogP contribution is -2.46. The molecule has 2 rings (SSSR count). The maximum absolute atomic E-state index is 5.92. The fraction of sp³-hybridized carbons (Fsp3) is 0.600. The zero-order valence-electron chi connectivity index (χ0n) is 11.3. The second-order valence-electron chi connectivity index (χ2n) is 5.68. The summed E-state index contributed by atoms with van der Waals surface area (Å²) < 4.78 is 0. The van der Waals surface area contributed by atoms with Gasteiger partial charge in [-0.2, -0.15) is 0 Å². The molecule has 2 N–H and O–H groups in total. The first-order chi connectivity index (χ1) is 8.06. The van der Waals surface area contributed by atoms with Crippen molar-refractivity contribution in [1.29, 1.82) is 0 Å². The molecule has 0 heterocycles. The van der Waals surface area contributed by atoms with Gasteiger partial charge in [-0.1, -0.05) is 12.5 Å². The smallest absolute Gasteiger partial charge is 0.0366 e. The van der Waals surface area contributed by atoms with Gasteiger partial charge < -0.3 is 10.6 Å². The van der Waals surface area contributed by atoms with Crippen LogP contribution in [0, 0.1) is 19.3 Å². The summed E-state index contributed by atoms with van der Waals surface area (Å²) >= 11 is 0. The first-order valence-electron chi connectivity index (χ1n) is 6.55. The van der Waals surface area contributed by atoms with Crippen molar-refractivity contribution in [3.63, 3.8) is 0 Å². The Morgan fingerprint density at radius 2 is 1.94 bits per heavy atom. The molecule has 1 aromatic carbocycles. The Morgan fingerprint density at radius 1 is 1.24 bits per heavy atom. The first-order valence-corrected chi connectivity index (χ1v) is 6.55. The summed E-state index contributed by atoms with van der Waals surface area (Å²) in [5.41, 5.74) is 10.3. The molecule has 1 fully saturated rings.